The zero-order valence-corrected chi connectivity index (χ0v) is 13.0. The van der Waals surface area contributed by atoms with Gasteiger partial charge in [-0.2, -0.15) is 0 Å². The van der Waals surface area contributed by atoms with Crippen LogP contribution < -0.4 is 0 Å². The molecule has 0 atom stereocenters. The summed E-state index contributed by atoms with van der Waals surface area (Å²) in [5.74, 6) is 0.298. The molecular formula is C18H22N2O. The number of Topliss-reactive ketones (excluding diaryl/α,β-unsaturated/α-hetero) is 1. The third-order valence-electron chi connectivity index (χ3n) is 4.37. The lowest BCUT2D eigenvalue weighted by atomic mass is 9.76. The Labute approximate surface area is 126 Å². The smallest absolute Gasteiger partial charge is 0.165 e. The van der Waals surface area contributed by atoms with Gasteiger partial charge in [0, 0.05) is 42.3 Å². The Morgan fingerprint density at radius 2 is 1.95 bits per heavy atom. The van der Waals surface area contributed by atoms with Gasteiger partial charge in [0.1, 0.15) is 0 Å². The van der Waals surface area contributed by atoms with Crippen molar-refractivity contribution >= 4 is 5.78 Å². The molecule has 0 spiro atoms. The standard InChI is InChI=1S/C18H22N2O/c1-13-10-15-16(11-18(2,3)12-17(15)21)20(13)9-6-14-4-7-19-8-5-14/h4-5,7-8,10H,6,9,11-12H2,1-3H3. The first-order valence-corrected chi connectivity index (χ1v) is 7.57. The maximum absolute atomic E-state index is 12.3. The number of fused-ring (bicyclic) bond motifs is 1. The summed E-state index contributed by atoms with van der Waals surface area (Å²) in [6, 6.07) is 6.18. The predicted octanol–water partition coefficient (Wildman–Crippen LogP) is 3.59. The molecular weight excluding hydrogens is 260 g/mol. The maximum atomic E-state index is 12.3. The van der Waals surface area contributed by atoms with Crippen LogP contribution in [0.4, 0.5) is 0 Å². The largest absolute Gasteiger partial charge is 0.348 e. The molecule has 3 nitrogen and oxygen atoms in total. The molecule has 110 valence electrons. The zero-order valence-electron chi connectivity index (χ0n) is 13.0. The van der Waals surface area contributed by atoms with Gasteiger partial charge in [0.2, 0.25) is 0 Å². The molecule has 1 aliphatic carbocycles. The molecule has 0 amide bonds. The monoisotopic (exact) mass is 282 g/mol. The molecule has 0 aromatic carbocycles. The van der Waals surface area contributed by atoms with Crippen LogP contribution in [-0.2, 0) is 19.4 Å². The number of aromatic nitrogens is 2. The third kappa shape index (κ3) is 2.78. The first kappa shape index (κ1) is 14.1. The van der Waals surface area contributed by atoms with Gasteiger partial charge in [-0.3, -0.25) is 9.78 Å². The molecule has 0 saturated carbocycles. The first-order chi connectivity index (χ1) is 9.96. The summed E-state index contributed by atoms with van der Waals surface area (Å²) in [4.78, 5) is 16.4. The van der Waals surface area contributed by atoms with Crippen molar-refractivity contribution in [3.8, 4) is 0 Å². The van der Waals surface area contributed by atoms with Gasteiger partial charge >= 0.3 is 0 Å². The van der Waals surface area contributed by atoms with Crippen LogP contribution >= 0.6 is 0 Å². The van der Waals surface area contributed by atoms with E-state index in [0.717, 1.165) is 24.9 Å². The van der Waals surface area contributed by atoms with Crippen LogP contribution in [0.1, 0.15) is 47.6 Å². The molecule has 2 aromatic rings. The van der Waals surface area contributed by atoms with Crippen molar-refractivity contribution in [3.05, 3.63) is 53.1 Å². The van der Waals surface area contributed by atoms with Gasteiger partial charge < -0.3 is 4.57 Å². The topological polar surface area (TPSA) is 34.9 Å². The average Bonchev–Trinajstić information content (AvgIpc) is 2.73. The highest BCUT2D eigenvalue weighted by atomic mass is 16.1. The lowest BCUT2D eigenvalue weighted by Gasteiger charge is -2.30. The first-order valence-electron chi connectivity index (χ1n) is 7.57. The number of carbonyl (C=O) groups excluding carboxylic acids is 1. The minimum absolute atomic E-state index is 0.0727. The summed E-state index contributed by atoms with van der Waals surface area (Å²) < 4.78 is 2.33. The van der Waals surface area contributed by atoms with Crippen molar-refractivity contribution < 1.29 is 4.79 Å². The van der Waals surface area contributed by atoms with Crippen LogP contribution in [0, 0.1) is 12.3 Å². The molecule has 0 saturated heterocycles. The molecule has 0 radical (unpaired) electrons. The van der Waals surface area contributed by atoms with Crippen LogP contribution in [-0.4, -0.2) is 15.3 Å². The Balaban J connectivity index is 1.88. The second-order valence-corrected chi connectivity index (χ2v) is 6.84. The van der Waals surface area contributed by atoms with E-state index in [1.54, 1.807) is 0 Å². The molecule has 3 heteroatoms. The number of carbonyl (C=O) groups is 1. The average molecular weight is 282 g/mol. The van der Waals surface area contributed by atoms with Crippen LogP contribution in [0.3, 0.4) is 0 Å². The second-order valence-electron chi connectivity index (χ2n) is 6.84. The number of hydrogen-bond acceptors (Lipinski definition) is 2. The quantitative estimate of drug-likeness (QED) is 0.862. The molecule has 0 bridgehead atoms. The minimum Gasteiger partial charge on any atom is -0.348 e. The van der Waals surface area contributed by atoms with E-state index in [4.69, 9.17) is 0 Å². The highest BCUT2D eigenvalue weighted by molar-refractivity contribution is 5.99. The Kier molecular flexibility index (Phi) is 3.44. The normalized spacial score (nSPS) is 16.8. The fraction of sp³-hybridized carbons (Fsp3) is 0.444. The van der Waals surface area contributed by atoms with Crippen LogP contribution in [0.25, 0.3) is 0 Å². The van der Waals surface area contributed by atoms with Crippen LogP contribution in [0.15, 0.2) is 30.6 Å². The molecule has 3 rings (SSSR count). The van der Waals surface area contributed by atoms with Gasteiger partial charge in [0.05, 0.1) is 0 Å². The maximum Gasteiger partial charge on any atom is 0.165 e. The minimum atomic E-state index is 0.0727. The highest BCUT2D eigenvalue weighted by Gasteiger charge is 2.33. The van der Waals surface area contributed by atoms with Crippen LogP contribution in [0.5, 0.6) is 0 Å². The molecule has 2 heterocycles. The van der Waals surface area contributed by atoms with Crippen molar-refractivity contribution in [1.29, 1.82) is 0 Å². The van der Waals surface area contributed by atoms with Gasteiger partial charge in [-0.1, -0.05) is 13.8 Å². The van der Waals surface area contributed by atoms with E-state index in [1.807, 2.05) is 12.4 Å². The Morgan fingerprint density at radius 3 is 2.67 bits per heavy atom. The zero-order chi connectivity index (χ0) is 15.0. The summed E-state index contributed by atoms with van der Waals surface area (Å²) >= 11 is 0. The molecule has 0 unspecified atom stereocenters. The van der Waals surface area contributed by atoms with E-state index in [2.05, 4.69) is 48.5 Å². The van der Waals surface area contributed by atoms with Crippen molar-refractivity contribution in [2.24, 2.45) is 5.41 Å². The summed E-state index contributed by atoms with van der Waals surface area (Å²) in [7, 11) is 0. The number of rotatable bonds is 3. The fourth-order valence-electron chi connectivity index (χ4n) is 3.31. The van der Waals surface area contributed by atoms with E-state index < -0.39 is 0 Å². The molecule has 21 heavy (non-hydrogen) atoms. The fourth-order valence-corrected chi connectivity index (χ4v) is 3.31. The summed E-state index contributed by atoms with van der Waals surface area (Å²) in [5, 5.41) is 0. The van der Waals surface area contributed by atoms with Crippen molar-refractivity contribution in [2.45, 2.75) is 46.6 Å². The SMILES string of the molecule is Cc1cc2c(n1CCc1ccncc1)CC(C)(C)CC2=O. The Morgan fingerprint density at radius 1 is 1.24 bits per heavy atom. The number of nitrogens with zero attached hydrogens (tertiary/aromatic N) is 2. The van der Waals surface area contributed by atoms with E-state index in [-0.39, 0.29) is 5.41 Å². The molecule has 1 aliphatic rings. The summed E-state index contributed by atoms with van der Waals surface area (Å²) in [6.07, 6.45) is 6.28. The van der Waals surface area contributed by atoms with Gasteiger partial charge in [-0.25, -0.2) is 0 Å². The number of pyridine rings is 1. The predicted molar refractivity (Wildman–Crippen MR) is 83.5 cm³/mol. The van der Waals surface area contributed by atoms with Gasteiger partial charge in [0.25, 0.3) is 0 Å². The Hall–Kier alpha value is -1.90. The third-order valence-corrected chi connectivity index (χ3v) is 4.37. The van der Waals surface area contributed by atoms with E-state index in [9.17, 15) is 4.79 Å². The van der Waals surface area contributed by atoms with E-state index in [0.29, 0.717) is 12.2 Å². The summed E-state index contributed by atoms with van der Waals surface area (Å²) in [6.45, 7) is 7.40. The van der Waals surface area contributed by atoms with Crippen molar-refractivity contribution in [3.63, 3.8) is 0 Å². The number of aryl methyl sites for hydroxylation is 2. The van der Waals surface area contributed by atoms with E-state index >= 15 is 0 Å². The second kappa shape index (κ2) is 5.14. The van der Waals surface area contributed by atoms with Gasteiger partial charge in [-0.05, 0) is 48.9 Å². The number of ketones is 1. The van der Waals surface area contributed by atoms with Crippen LogP contribution in [0.2, 0.25) is 0 Å². The van der Waals surface area contributed by atoms with Gasteiger partial charge in [0.15, 0.2) is 5.78 Å². The van der Waals surface area contributed by atoms with Crippen molar-refractivity contribution in [1.82, 2.24) is 9.55 Å². The molecule has 0 N–H and O–H groups in total. The lowest BCUT2D eigenvalue weighted by molar-refractivity contribution is 0.0910. The van der Waals surface area contributed by atoms with Crippen molar-refractivity contribution in [2.75, 3.05) is 0 Å². The molecule has 0 aliphatic heterocycles. The number of hydrogen-bond donors (Lipinski definition) is 0. The Bertz CT molecular complexity index is 668. The lowest BCUT2D eigenvalue weighted by Crippen LogP contribution is -2.28. The molecule has 0 fully saturated rings. The van der Waals surface area contributed by atoms with E-state index in [1.165, 1.54) is 17.0 Å². The van der Waals surface area contributed by atoms with Gasteiger partial charge in [-0.15, -0.1) is 0 Å². The summed E-state index contributed by atoms with van der Waals surface area (Å²) in [5.41, 5.74) is 4.72. The highest BCUT2D eigenvalue weighted by Crippen LogP contribution is 2.36. The molecule has 2 aromatic heterocycles.